The highest BCUT2D eigenvalue weighted by Crippen LogP contribution is 1.78. The summed E-state index contributed by atoms with van der Waals surface area (Å²) in [6, 6.07) is -0.366. The van der Waals surface area contributed by atoms with Crippen molar-refractivity contribution in [1.29, 1.82) is 0 Å². The van der Waals surface area contributed by atoms with Crippen LogP contribution in [-0.4, -0.2) is 29.8 Å². The van der Waals surface area contributed by atoms with E-state index >= 15 is 0 Å². The number of hydrogen-bond acceptors (Lipinski definition) is 2. The molecule has 4 nitrogen and oxygen atoms in total. The van der Waals surface area contributed by atoms with Crippen molar-refractivity contribution in [1.82, 2.24) is 5.32 Å². The van der Waals surface area contributed by atoms with Crippen molar-refractivity contribution in [2.45, 2.75) is 0 Å². The molecule has 1 aliphatic heterocycles. The van der Waals surface area contributed by atoms with Gasteiger partial charge in [0.15, 0.2) is 6.21 Å². The van der Waals surface area contributed by atoms with Gasteiger partial charge in [-0.3, -0.25) is 0 Å². The van der Waals surface area contributed by atoms with E-state index in [1.165, 1.54) is 17.8 Å². The van der Waals surface area contributed by atoms with Gasteiger partial charge in [0, 0.05) is 0 Å². The van der Waals surface area contributed by atoms with Gasteiger partial charge in [0.25, 0.3) is 0 Å². The average molecular weight is 113 g/mol. The second-order valence-corrected chi connectivity index (χ2v) is 1.53. The molecule has 0 aliphatic carbocycles. The van der Waals surface area contributed by atoms with Crippen molar-refractivity contribution >= 4 is 18.2 Å². The Morgan fingerprint density at radius 2 is 2.25 bits per heavy atom. The minimum atomic E-state index is -0.366. The van der Waals surface area contributed by atoms with Crippen LogP contribution in [0.1, 0.15) is 0 Å². The number of carbonyl (C=O) groups is 2. The minimum absolute atomic E-state index is 0.350. The van der Waals surface area contributed by atoms with Crippen molar-refractivity contribution in [3.8, 4) is 0 Å². The highest BCUT2D eigenvalue weighted by molar-refractivity contribution is 6.31. The molecule has 4 heteroatoms. The first-order valence-corrected chi connectivity index (χ1v) is 2.13. The Morgan fingerprint density at radius 3 is 2.38 bits per heavy atom. The van der Waals surface area contributed by atoms with Crippen LogP contribution in [0.2, 0.25) is 0 Å². The summed E-state index contributed by atoms with van der Waals surface area (Å²) in [7, 11) is 1.51. The van der Waals surface area contributed by atoms with E-state index in [2.05, 4.69) is 5.32 Å². The Hall–Kier alpha value is -1.19. The van der Waals surface area contributed by atoms with E-state index in [1.807, 2.05) is 0 Å². The first-order chi connectivity index (χ1) is 3.70. The zero-order chi connectivity index (χ0) is 6.15. The molecule has 1 heterocycles. The third-order valence-corrected chi connectivity index (χ3v) is 0.861. The molecule has 42 valence electrons. The van der Waals surface area contributed by atoms with Gasteiger partial charge >= 0.3 is 11.9 Å². The van der Waals surface area contributed by atoms with E-state index in [4.69, 9.17) is 0 Å². The third kappa shape index (κ3) is 0.598. The molecule has 0 bridgehead atoms. The summed E-state index contributed by atoms with van der Waals surface area (Å²) in [5, 5.41) is 2.06. The molecule has 0 aromatic heterocycles. The van der Waals surface area contributed by atoms with Crippen molar-refractivity contribution < 1.29 is 14.2 Å². The van der Waals surface area contributed by atoms with Crippen molar-refractivity contribution in [2.24, 2.45) is 0 Å². The van der Waals surface area contributed by atoms with E-state index in [9.17, 15) is 9.59 Å². The highest BCUT2D eigenvalue weighted by atomic mass is 16.2. The summed E-state index contributed by atoms with van der Waals surface area (Å²) in [5.41, 5.74) is 0. The lowest BCUT2D eigenvalue weighted by atomic mass is 10.7. The van der Waals surface area contributed by atoms with E-state index in [-0.39, 0.29) is 11.9 Å². The molecule has 0 aromatic rings. The number of imide groups is 1. The van der Waals surface area contributed by atoms with Gasteiger partial charge in [-0.25, -0.2) is 4.79 Å². The summed E-state index contributed by atoms with van der Waals surface area (Å²) >= 11 is 0. The summed E-state index contributed by atoms with van der Waals surface area (Å²) in [4.78, 5) is 20.6. The number of rotatable bonds is 0. The van der Waals surface area contributed by atoms with Gasteiger partial charge in [-0.2, -0.15) is 14.7 Å². The maximum absolute atomic E-state index is 10.3. The fourth-order valence-corrected chi connectivity index (χ4v) is 0.460. The van der Waals surface area contributed by atoms with Crippen LogP contribution in [0.25, 0.3) is 0 Å². The maximum Gasteiger partial charge on any atom is 0.498 e. The zero-order valence-corrected chi connectivity index (χ0v) is 4.34. The van der Waals surface area contributed by atoms with Crippen LogP contribution in [0, 0.1) is 0 Å². The Labute approximate surface area is 45.8 Å². The molecule has 0 fully saturated rings. The fourth-order valence-electron chi connectivity index (χ4n) is 0.460. The summed E-state index contributed by atoms with van der Waals surface area (Å²) in [6.07, 6.45) is 1.20. The van der Waals surface area contributed by atoms with E-state index in [1.54, 1.807) is 0 Å². The lowest BCUT2D eigenvalue weighted by molar-refractivity contribution is -0.381. The zero-order valence-electron chi connectivity index (χ0n) is 4.34. The maximum atomic E-state index is 10.3. The van der Waals surface area contributed by atoms with Crippen LogP contribution in [0.15, 0.2) is 0 Å². The fraction of sp³-hybridized carbons (Fsp3) is 0.250. The minimum Gasteiger partial charge on any atom is -0.237 e. The molecule has 0 saturated heterocycles. The molecule has 3 amide bonds. The van der Waals surface area contributed by atoms with Crippen molar-refractivity contribution in [3.63, 3.8) is 0 Å². The molecule has 1 N–H and O–H groups in total. The Balaban J connectivity index is 2.88. The first-order valence-electron chi connectivity index (χ1n) is 2.13. The Kier molecular flexibility index (Phi) is 0.865. The first kappa shape index (κ1) is 4.96. The van der Waals surface area contributed by atoms with Gasteiger partial charge in [0.05, 0.1) is 7.05 Å². The number of amides is 3. The number of hydrogen-bond donors (Lipinski definition) is 1. The molecule has 0 radical (unpaired) electrons. The quantitative estimate of drug-likeness (QED) is 0.407. The lowest BCUT2D eigenvalue weighted by Gasteiger charge is -1.77. The van der Waals surface area contributed by atoms with Gasteiger partial charge in [-0.15, -0.1) is 0 Å². The summed E-state index contributed by atoms with van der Waals surface area (Å²) < 4.78 is 1.20. The van der Waals surface area contributed by atoms with Crippen LogP contribution >= 0.6 is 0 Å². The van der Waals surface area contributed by atoms with Crippen LogP contribution in [-0.2, 0) is 4.79 Å². The van der Waals surface area contributed by atoms with Crippen LogP contribution < -0.4 is 5.32 Å². The van der Waals surface area contributed by atoms with E-state index in [0.29, 0.717) is 0 Å². The third-order valence-electron chi connectivity index (χ3n) is 0.861. The van der Waals surface area contributed by atoms with Gasteiger partial charge < -0.3 is 0 Å². The Bertz CT molecular complexity index is 182. The van der Waals surface area contributed by atoms with Crippen LogP contribution in [0.3, 0.4) is 0 Å². The summed E-state index contributed by atoms with van der Waals surface area (Å²) in [5.74, 6) is -0.350. The molecule has 1 rings (SSSR count). The molecule has 0 atom stereocenters. The lowest BCUT2D eigenvalue weighted by Crippen LogP contribution is -2.24. The van der Waals surface area contributed by atoms with Gasteiger partial charge in [0.1, 0.15) is 0 Å². The number of nitrogens with one attached hydrogen (secondary N) is 1. The van der Waals surface area contributed by atoms with Crippen LogP contribution in [0.5, 0.6) is 0 Å². The number of carbonyl (C=O) groups excluding carboxylic acids is 2. The monoisotopic (exact) mass is 113 g/mol. The Morgan fingerprint density at radius 1 is 1.62 bits per heavy atom. The second-order valence-electron chi connectivity index (χ2n) is 1.53. The predicted molar refractivity (Wildman–Crippen MR) is 25.8 cm³/mol. The number of urea groups is 1. The van der Waals surface area contributed by atoms with Gasteiger partial charge in [-0.1, -0.05) is 0 Å². The average Bonchev–Trinajstić information content (AvgIpc) is 1.85. The molecular formula is C4H5N2O2+. The SMILES string of the molecule is C[N+]1=CC(=O)NC1=O. The molecule has 0 saturated carbocycles. The smallest absolute Gasteiger partial charge is 0.237 e. The molecule has 1 aliphatic rings. The highest BCUT2D eigenvalue weighted by Gasteiger charge is 2.24. The summed E-state index contributed by atoms with van der Waals surface area (Å²) in [6.45, 7) is 0. The molecular weight excluding hydrogens is 108 g/mol. The van der Waals surface area contributed by atoms with Gasteiger partial charge in [0.2, 0.25) is 0 Å². The standard InChI is InChI=1S/C4H4N2O2/c1-6-2-3(7)5-4(6)8/h2H,1H3/p+1. The normalized spacial score (nSPS) is 18.4. The van der Waals surface area contributed by atoms with Gasteiger partial charge in [-0.05, 0) is 0 Å². The molecule has 0 unspecified atom stereocenters. The number of nitrogens with zero attached hydrogens (tertiary/aromatic N) is 1. The molecule has 0 spiro atoms. The van der Waals surface area contributed by atoms with Crippen LogP contribution in [0.4, 0.5) is 4.79 Å². The van der Waals surface area contributed by atoms with Crippen molar-refractivity contribution in [3.05, 3.63) is 0 Å². The van der Waals surface area contributed by atoms with E-state index in [0.717, 1.165) is 0 Å². The largest absolute Gasteiger partial charge is 0.498 e. The second kappa shape index (κ2) is 1.40. The molecule has 0 aromatic carbocycles. The van der Waals surface area contributed by atoms with E-state index < -0.39 is 0 Å². The predicted octanol–water partition coefficient (Wildman–Crippen LogP) is -1.05. The molecule has 8 heavy (non-hydrogen) atoms. The topological polar surface area (TPSA) is 49.2 Å². The van der Waals surface area contributed by atoms with Crippen molar-refractivity contribution in [2.75, 3.05) is 7.05 Å².